The van der Waals surface area contributed by atoms with Gasteiger partial charge < -0.3 is 4.57 Å². The molecule has 0 saturated carbocycles. The van der Waals surface area contributed by atoms with E-state index in [1.165, 1.54) is 4.57 Å². The van der Waals surface area contributed by atoms with Gasteiger partial charge in [0.15, 0.2) is 0 Å². The maximum absolute atomic E-state index is 12.6. The molecule has 0 radical (unpaired) electrons. The van der Waals surface area contributed by atoms with E-state index in [4.69, 9.17) is 0 Å². The molecule has 1 aromatic carbocycles. The lowest BCUT2D eigenvalue weighted by Gasteiger charge is -2.14. The van der Waals surface area contributed by atoms with Gasteiger partial charge in [-0.2, -0.15) is 26.3 Å². The molecule has 7 heteroatoms. The SMILES string of the molecule is FC(F)(F)c1cc(Cn2cccc2)cc(C(F)(F)F)c1. The van der Waals surface area contributed by atoms with Crippen molar-refractivity contribution in [1.82, 2.24) is 4.57 Å². The normalized spacial score (nSPS) is 12.7. The number of rotatable bonds is 2. The third-order valence-corrected chi connectivity index (χ3v) is 2.68. The zero-order chi connectivity index (χ0) is 15.0. The molecule has 0 spiro atoms. The summed E-state index contributed by atoms with van der Waals surface area (Å²) in [6.07, 6.45) is -6.50. The molecule has 1 nitrogen and oxygen atoms in total. The van der Waals surface area contributed by atoms with Gasteiger partial charge in [-0.05, 0) is 35.9 Å². The average molecular weight is 293 g/mol. The third-order valence-electron chi connectivity index (χ3n) is 2.68. The smallest absolute Gasteiger partial charge is 0.350 e. The minimum atomic E-state index is -4.81. The van der Waals surface area contributed by atoms with Crippen LogP contribution in [-0.2, 0) is 18.9 Å². The lowest BCUT2D eigenvalue weighted by atomic mass is 10.0. The predicted octanol–water partition coefficient (Wildman–Crippen LogP) is 4.57. The molecular weight excluding hydrogens is 284 g/mol. The summed E-state index contributed by atoms with van der Waals surface area (Å²) in [5.74, 6) is 0. The van der Waals surface area contributed by atoms with Crippen LogP contribution in [0.2, 0.25) is 0 Å². The van der Waals surface area contributed by atoms with E-state index < -0.39 is 23.5 Å². The standard InChI is InChI=1S/C13H9F6N/c14-12(15,16)10-5-9(8-20-3-1-2-4-20)6-11(7-10)13(17,18)19/h1-7H,8H2. The van der Waals surface area contributed by atoms with Crippen molar-refractivity contribution in [1.29, 1.82) is 0 Å². The van der Waals surface area contributed by atoms with E-state index in [1.54, 1.807) is 24.5 Å². The van der Waals surface area contributed by atoms with Gasteiger partial charge in [-0.3, -0.25) is 0 Å². The van der Waals surface area contributed by atoms with Gasteiger partial charge >= 0.3 is 12.4 Å². The van der Waals surface area contributed by atoms with Crippen LogP contribution >= 0.6 is 0 Å². The number of aromatic nitrogens is 1. The van der Waals surface area contributed by atoms with Crippen molar-refractivity contribution >= 4 is 0 Å². The Morgan fingerprint density at radius 2 is 1.20 bits per heavy atom. The zero-order valence-electron chi connectivity index (χ0n) is 9.96. The molecule has 0 unspecified atom stereocenters. The fraction of sp³-hybridized carbons (Fsp3) is 0.231. The van der Waals surface area contributed by atoms with Gasteiger partial charge in [0.05, 0.1) is 11.1 Å². The van der Waals surface area contributed by atoms with E-state index in [-0.39, 0.29) is 18.2 Å². The van der Waals surface area contributed by atoms with Crippen molar-refractivity contribution in [3.8, 4) is 0 Å². The van der Waals surface area contributed by atoms with Gasteiger partial charge in [0, 0.05) is 18.9 Å². The zero-order valence-corrected chi connectivity index (χ0v) is 9.96. The molecule has 0 aliphatic carbocycles. The third kappa shape index (κ3) is 3.34. The minimum absolute atomic E-state index is 0.0525. The Morgan fingerprint density at radius 3 is 1.60 bits per heavy atom. The summed E-state index contributed by atoms with van der Waals surface area (Å²) < 4.78 is 77.3. The molecule has 20 heavy (non-hydrogen) atoms. The Kier molecular flexibility index (Phi) is 3.54. The van der Waals surface area contributed by atoms with Crippen molar-refractivity contribution < 1.29 is 26.3 Å². The molecule has 0 atom stereocenters. The fourth-order valence-corrected chi connectivity index (χ4v) is 1.80. The van der Waals surface area contributed by atoms with Crippen LogP contribution in [0.4, 0.5) is 26.3 Å². The van der Waals surface area contributed by atoms with Gasteiger partial charge in [-0.25, -0.2) is 0 Å². The van der Waals surface area contributed by atoms with Crippen LogP contribution in [-0.4, -0.2) is 4.57 Å². The Bertz CT molecular complexity index is 548. The van der Waals surface area contributed by atoms with Gasteiger partial charge in [-0.1, -0.05) is 0 Å². The Hall–Kier alpha value is -1.92. The maximum Gasteiger partial charge on any atom is 0.416 e. The van der Waals surface area contributed by atoms with Crippen molar-refractivity contribution in [2.24, 2.45) is 0 Å². The van der Waals surface area contributed by atoms with Crippen molar-refractivity contribution in [2.75, 3.05) is 0 Å². The highest BCUT2D eigenvalue weighted by molar-refractivity contribution is 5.33. The second kappa shape index (κ2) is 4.88. The van der Waals surface area contributed by atoms with E-state index in [0.717, 1.165) is 12.1 Å². The van der Waals surface area contributed by atoms with Gasteiger partial charge in [0.2, 0.25) is 0 Å². The molecule has 0 N–H and O–H groups in total. The molecule has 0 amide bonds. The molecule has 1 aromatic heterocycles. The molecule has 0 aliphatic heterocycles. The molecular formula is C13H9F6N. The van der Waals surface area contributed by atoms with Crippen LogP contribution in [0.1, 0.15) is 16.7 Å². The number of hydrogen-bond acceptors (Lipinski definition) is 0. The second-order valence-corrected chi connectivity index (χ2v) is 4.27. The molecule has 0 fully saturated rings. The van der Waals surface area contributed by atoms with E-state index in [0.29, 0.717) is 0 Å². The second-order valence-electron chi connectivity index (χ2n) is 4.27. The van der Waals surface area contributed by atoms with Crippen LogP contribution in [0, 0.1) is 0 Å². The molecule has 1 heterocycles. The fourth-order valence-electron chi connectivity index (χ4n) is 1.80. The van der Waals surface area contributed by atoms with E-state index in [9.17, 15) is 26.3 Å². The van der Waals surface area contributed by atoms with E-state index in [2.05, 4.69) is 0 Å². The number of benzene rings is 1. The van der Waals surface area contributed by atoms with Crippen LogP contribution in [0.5, 0.6) is 0 Å². The highest BCUT2D eigenvalue weighted by Crippen LogP contribution is 2.36. The minimum Gasteiger partial charge on any atom is -0.350 e. The lowest BCUT2D eigenvalue weighted by molar-refractivity contribution is -0.143. The monoisotopic (exact) mass is 293 g/mol. The summed E-state index contributed by atoms with van der Waals surface area (Å²) in [5.41, 5.74) is -2.65. The van der Waals surface area contributed by atoms with E-state index >= 15 is 0 Å². The molecule has 0 bridgehead atoms. The van der Waals surface area contributed by atoms with Crippen molar-refractivity contribution in [3.63, 3.8) is 0 Å². The summed E-state index contributed by atoms with van der Waals surface area (Å²) >= 11 is 0. The number of halogens is 6. The summed E-state index contributed by atoms with van der Waals surface area (Å²) in [4.78, 5) is 0. The predicted molar refractivity (Wildman–Crippen MR) is 60.0 cm³/mol. The Balaban J connectivity index is 2.46. The average Bonchev–Trinajstić information content (AvgIpc) is 2.79. The first-order valence-electron chi connectivity index (χ1n) is 5.55. The van der Waals surface area contributed by atoms with Crippen molar-refractivity contribution in [2.45, 2.75) is 18.9 Å². The van der Waals surface area contributed by atoms with Crippen LogP contribution < -0.4 is 0 Å². The van der Waals surface area contributed by atoms with Gasteiger partial charge in [0.25, 0.3) is 0 Å². The quantitative estimate of drug-likeness (QED) is 0.715. The first kappa shape index (κ1) is 14.5. The molecule has 108 valence electrons. The molecule has 0 aliphatic rings. The van der Waals surface area contributed by atoms with Gasteiger partial charge in [-0.15, -0.1) is 0 Å². The molecule has 2 rings (SSSR count). The molecule has 2 aromatic rings. The number of alkyl halides is 6. The van der Waals surface area contributed by atoms with Gasteiger partial charge in [0.1, 0.15) is 0 Å². The summed E-state index contributed by atoms with van der Waals surface area (Å²) in [7, 11) is 0. The van der Waals surface area contributed by atoms with Crippen LogP contribution in [0.25, 0.3) is 0 Å². The number of hydrogen-bond donors (Lipinski definition) is 0. The summed E-state index contributed by atoms with van der Waals surface area (Å²) in [6, 6.07) is 4.86. The Labute approximate surface area is 110 Å². The topological polar surface area (TPSA) is 4.93 Å². The Morgan fingerprint density at radius 1 is 0.750 bits per heavy atom. The van der Waals surface area contributed by atoms with Crippen molar-refractivity contribution in [3.05, 3.63) is 59.4 Å². The first-order chi connectivity index (χ1) is 9.16. The summed E-state index contributed by atoms with van der Waals surface area (Å²) in [5, 5.41) is 0. The first-order valence-corrected chi connectivity index (χ1v) is 5.55. The van der Waals surface area contributed by atoms with E-state index in [1.807, 2.05) is 0 Å². The van der Waals surface area contributed by atoms with Crippen LogP contribution in [0.15, 0.2) is 42.7 Å². The van der Waals surface area contributed by atoms with Crippen LogP contribution in [0.3, 0.4) is 0 Å². The number of nitrogens with zero attached hydrogens (tertiary/aromatic N) is 1. The largest absolute Gasteiger partial charge is 0.416 e. The highest BCUT2D eigenvalue weighted by atomic mass is 19.4. The summed E-state index contributed by atoms with van der Waals surface area (Å²) in [6.45, 7) is -0.0556. The molecule has 0 saturated heterocycles. The lowest BCUT2D eigenvalue weighted by Crippen LogP contribution is -2.12. The maximum atomic E-state index is 12.6. The highest BCUT2D eigenvalue weighted by Gasteiger charge is 2.36.